The van der Waals surface area contributed by atoms with Crippen LogP contribution in [0, 0.1) is 16.7 Å². The molecule has 5 nitrogen and oxygen atoms in total. The standard InChI is InChI=1S/C18H33ClO5/c1-12(2)14(19)24-16(21)18(7,8)10-9-13(3)22-11-23-15(20)17(4,5)6/h12-14H,9-11H2,1-8H3. The zero-order chi connectivity index (χ0) is 19.1. The van der Waals surface area contributed by atoms with Crippen LogP contribution in [0.1, 0.15) is 68.2 Å². The molecular weight excluding hydrogens is 332 g/mol. The molecule has 0 rings (SSSR count). The third kappa shape index (κ3) is 8.88. The maximum atomic E-state index is 12.2. The molecule has 2 unspecified atom stereocenters. The zero-order valence-corrected chi connectivity index (χ0v) is 17.0. The molecule has 0 aliphatic carbocycles. The van der Waals surface area contributed by atoms with Gasteiger partial charge in [-0.3, -0.25) is 9.59 Å². The second-order valence-electron chi connectivity index (χ2n) is 8.20. The molecule has 0 aliphatic heterocycles. The Kier molecular flexibility index (Phi) is 9.29. The first kappa shape index (κ1) is 23.2. The topological polar surface area (TPSA) is 61.8 Å². The lowest BCUT2D eigenvalue weighted by Crippen LogP contribution is -2.31. The molecule has 0 fully saturated rings. The second-order valence-corrected chi connectivity index (χ2v) is 8.63. The van der Waals surface area contributed by atoms with E-state index >= 15 is 0 Å². The van der Waals surface area contributed by atoms with Crippen molar-refractivity contribution in [2.45, 2.75) is 79.9 Å². The lowest BCUT2D eigenvalue weighted by molar-refractivity contribution is -0.170. The van der Waals surface area contributed by atoms with Crippen molar-refractivity contribution in [2.24, 2.45) is 16.7 Å². The van der Waals surface area contributed by atoms with Crippen LogP contribution >= 0.6 is 11.6 Å². The van der Waals surface area contributed by atoms with Gasteiger partial charge in [-0.1, -0.05) is 25.4 Å². The number of alkyl halides is 1. The fourth-order valence-electron chi connectivity index (χ4n) is 1.57. The van der Waals surface area contributed by atoms with E-state index in [1.165, 1.54) is 0 Å². The van der Waals surface area contributed by atoms with Gasteiger partial charge in [-0.2, -0.15) is 0 Å². The van der Waals surface area contributed by atoms with Crippen molar-refractivity contribution in [1.82, 2.24) is 0 Å². The van der Waals surface area contributed by atoms with Crippen LogP contribution in [0.15, 0.2) is 0 Å². The Morgan fingerprint density at radius 3 is 2.00 bits per heavy atom. The Hall–Kier alpha value is -0.810. The van der Waals surface area contributed by atoms with Crippen molar-refractivity contribution in [3.8, 4) is 0 Å². The Balaban J connectivity index is 4.21. The first-order chi connectivity index (χ1) is 10.8. The molecule has 0 heterocycles. The van der Waals surface area contributed by atoms with E-state index in [1.54, 1.807) is 20.8 Å². The van der Waals surface area contributed by atoms with E-state index in [-0.39, 0.29) is 30.8 Å². The summed E-state index contributed by atoms with van der Waals surface area (Å²) in [4.78, 5) is 23.8. The SMILES string of the molecule is CC(CCC(C)(C)C(=O)OC(Cl)C(C)C)OCOC(=O)C(C)(C)C. The molecule has 142 valence electrons. The Bertz CT molecular complexity index is 412. The molecule has 0 spiro atoms. The lowest BCUT2D eigenvalue weighted by atomic mass is 9.87. The van der Waals surface area contributed by atoms with E-state index in [0.717, 1.165) is 0 Å². The summed E-state index contributed by atoms with van der Waals surface area (Å²) >= 11 is 6.00. The molecule has 0 radical (unpaired) electrons. The van der Waals surface area contributed by atoms with Gasteiger partial charge in [0.25, 0.3) is 0 Å². The fourth-order valence-corrected chi connectivity index (χ4v) is 1.65. The number of hydrogen-bond acceptors (Lipinski definition) is 5. The quantitative estimate of drug-likeness (QED) is 0.342. The van der Waals surface area contributed by atoms with Crippen LogP contribution in [0.5, 0.6) is 0 Å². The summed E-state index contributed by atoms with van der Waals surface area (Å²) in [6, 6.07) is 0. The molecule has 0 saturated heterocycles. The molecule has 0 aromatic carbocycles. The Labute approximate surface area is 151 Å². The van der Waals surface area contributed by atoms with E-state index in [4.69, 9.17) is 25.8 Å². The van der Waals surface area contributed by atoms with Gasteiger partial charge in [-0.15, -0.1) is 0 Å². The minimum Gasteiger partial charge on any atom is -0.445 e. The van der Waals surface area contributed by atoms with Crippen LogP contribution in [0.25, 0.3) is 0 Å². The van der Waals surface area contributed by atoms with Crippen LogP contribution in [0.3, 0.4) is 0 Å². The zero-order valence-electron chi connectivity index (χ0n) is 16.3. The van der Waals surface area contributed by atoms with E-state index < -0.39 is 16.4 Å². The fraction of sp³-hybridized carbons (Fsp3) is 0.889. The molecule has 0 amide bonds. The van der Waals surface area contributed by atoms with Crippen LogP contribution in [-0.4, -0.2) is 30.4 Å². The highest BCUT2D eigenvalue weighted by Gasteiger charge is 2.32. The largest absolute Gasteiger partial charge is 0.445 e. The molecule has 0 aliphatic rings. The van der Waals surface area contributed by atoms with Crippen molar-refractivity contribution < 1.29 is 23.8 Å². The van der Waals surface area contributed by atoms with Gasteiger partial charge in [-0.25, -0.2) is 0 Å². The molecule has 24 heavy (non-hydrogen) atoms. The van der Waals surface area contributed by atoms with Gasteiger partial charge in [-0.05, 0) is 54.4 Å². The maximum Gasteiger partial charge on any atom is 0.313 e. The number of hydrogen-bond donors (Lipinski definition) is 0. The van der Waals surface area contributed by atoms with E-state index in [9.17, 15) is 9.59 Å². The summed E-state index contributed by atoms with van der Waals surface area (Å²) in [5.41, 5.74) is -1.82. The van der Waals surface area contributed by atoms with Crippen LogP contribution in [0.2, 0.25) is 0 Å². The summed E-state index contributed by atoms with van der Waals surface area (Å²) < 4.78 is 15.8. The number of carbonyl (C=O) groups is 2. The van der Waals surface area contributed by atoms with Gasteiger partial charge in [0.05, 0.1) is 16.9 Å². The van der Waals surface area contributed by atoms with Gasteiger partial charge < -0.3 is 14.2 Å². The predicted molar refractivity (Wildman–Crippen MR) is 94.5 cm³/mol. The van der Waals surface area contributed by atoms with Crippen LogP contribution in [0.4, 0.5) is 0 Å². The first-order valence-corrected chi connectivity index (χ1v) is 8.85. The van der Waals surface area contributed by atoms with Crippen molar-refractivity contribution in [3.05, 3.63) is 0 Å². The van der Waals surface area contributed by atoms with Crippen LogP contribution < -0.4 is 0 Å². The number of esters is 2. The Morgan fingerprint density at radius 1 is 1.00 bits per heavy atom. The number of rotatable bonds is 9. The van der Waals surface area contributed by atoms with Gasteiger partial charge >= 0.3 is 11.9 Å². The average molecular weight is 365 g/mol. The summed E-state index contributed by atoms with van der Waals surface area (Å²) in [6.07, 6.45) is 1.09. The molecule has 0 saturated carbocycles. The van der Waals surface area contributed by atoms with E-state index in [0.29, 0.717) is 12.8 Å². The summed E-state index contributed by atoms with van der Waals surface area (Å²) in [7, 11) is 0. The summed E-state index contributed by atoms with van der Waals surface area (Å²) in [5, 5.41) is 0. The molecule has 2 atom stereocenters. The maximum absolute atomic E-state index is 12.2. The molecular formula is C18H33ClO5. The first-order valence-electron chi connectivity index (χ1n) is 8.41. The van der Waals surface area contributed by atoms with Gasteiger partial charge in [0.1, 0.15) is 0 Å². The minimum atomic E-state index is -0.651. The third-order valence-corrected chi connectivity index (χ3v) is 4.22. The van der Waals surface area contributed by atoms with Gasteiger partial charge in [0, 0.05) is 5.92 Å². The monoisotopic (exact) mass is 364 g/mol. The molecule has 0 aromatic rings. The summed E-state index contributed by atoms with van der Waals surface area (Å²) in [6.45, 7) is 14.6. The number of ether oxygens (including phenoxy) is 3. The van der Waals surface area contributed by atoms with Crippen molar-refractivity contribution in [3.63, 3.8) is 0 Å². The normalized spacial score (nSPS) is 15.1. The van der Waals surface area contributed by atoms with Crippen LogP contribution in [-0.2, 0) is 23.8 Å². The van der Waals surface area contributed by atoms with Crippen molar-refractivity contribution >= 4 is 23.5 Å². The lowest BCUT2D eigenvalue weighted by Gasteiger charge is -2.26. The molecule has 6 heteroatoms. The third-order valence-electron chi connectivity index (χ3n) is 3.63. The molecule has 0 N–H and O–H groups in total. The van der Waals surface area contributed by atoms with E-state index in [1.807, 2.05) is 34.6 Å². The van der Waals surface area contributed by atoms with Gasteiger partial charge in [0.2, 0.25) is 0 Å². The molecule has 0 aromatic heterocycles. The van der Waals surface area contributed by atoms with Crippen molar-refractivity contribution in [1.29, 1.82) is 0 Å². The highest BCUT2D eigenvalue weighted by atomic mass is 35.5. The highest BCUT2D eigenvalue weighted by Crippen LogP contribution is 2.28. The highest BCUT2D eigenvalue weighted by molar-refractivity contribution is 6.20. The second kappa shape index (κ2) is 9.62. The number of halogens is 1. The van der Waals surface area contributed by atoms with Gasteiger partial charge in [0.15, 0.2) is 12.4 Å². The predicted octanol–water partition coefficient (Wildman–Crippen LogP) is 4.51. The minimum absolute atomic E-state index is 0.0613. The molecule has 0 bridgehead atoms. The number of carbonyl (C=O) groups excluding carboxylic acids is 2. The van der Waals surface area contributed by atoms with Crippen molar-refractivity contribution in [2.75, 3.05) is 6.79 Å². The average Bonchev–Trinajstić information content (AvgIpc) is 2.43. The Morgan fingerprint density at radius 2 is 1.54 bits per heavy atom. The smallest absolute Gasteiger partial charge is 0.313 e. The van der Waals surface area contributed by atoms with E-state index in [2.05, 4.69) is 0 Å². The summed E-state index contributed by atoms with van der Waals surface area (Å²) in [5.74, 6) is -0.561.